The standard InChI is InChI=1S/C13H17BrN2O2/c1-10(8-15)18-13-4-3-11(7-12(13)14)9-16-5-6-17-2/h3-4,7,10,16H,5-6,9H2,1-2H3. The fraction of sp³-hybridized carbons (Fsp3) is 0.462. The fourth-order valence-corrected chi connectivity index (χ4v) is 1.89. The molecule has 0 saturated heterocycles. The van der Waals surface area contributed by atoms with Gasteiger partial charge in [0, 0.05) is 20.2 Å². The van der Waals surface area contributed by atoms with Crippen molar-refractivity contribution in [1.82, 2.24) is 5.32 Å². The molecule has 4 nitrogen and oxygen atoms in total. The topological polar surface area (TPSA) is 54.3 Å². The summed E-state index contributed by atoms with van der Waals surface area (Å²) in [6, 6.07) is 7.86. The molecule has 18 heavy (non-hydrogen) atoms. The highest BCUT2D eigenvalue weighted by Gasteiger charge is 2.06. The summed E-state index contributed by atoms with van der Waals surface area (Å²) in [7, 11) is 1.68. The van der Waals surface area contributed by atoms with E-state index in [4.69, 9.17) is 14.7 Å². The fourth-order valence-electron chi connectivity index (χ4n) is 1.37. The Hall–Kier alpha value is -1.09. The largest absolute Gasteiger partial charge is 0.475 e. The molecule has 0 aliphatic rings. The lowest BCUT2D eigenvalue weighted by molar-refractivity contribution is 0.199. The summed E-state index contributed by atoms with van der Waals surface area (Å²) in [5.41, 5.74) is 1.15. The minimum atomic E-state index is -0.452. The molecule has 5 heteroatoms. The van der Waals surface area contributed by atoms with Crippen molar-refractivity contribution >= 4 is 15.9 Å². The highest BCUT2D eigenvalue weighted by Crippen LogP contribution is 2.26. The van der Waals surface area contributed by atoms with E-state index in [-0.39, 0.29) is 0 Å². The normalized spacial score (nSPS) is 11.9. The average Bonchev–Trinajstić information content (AvgIpc) is 2.37. The first-order chi connectivity index (χ1) is 8.67. The maximum absolute atomic E-state index is 8.70. The number of nitrogens with zero attached hydrogens (tertiary/aromatic N) is 1. The zero-order valence-corrected chi connectivity index (χ0v) is 12.2. The first kappa shape index (κ1) is 15.0. The molecule has 0 spiro atoms. The van der Waals surface area contributed by atoms with Crippen molar-refractivity contribution in [1.29, 1.82) is 5.26 Å². The Bertz CT molecular complexity index is 418. The molecule has 1 N–H and O–H groups in total. The smallest absolute Gasteiger partial charge is 0.181 e. The minimum absolute atomic E-state index is 0.452. The number of hydrogen-bond donors (Lipinski definition) is 1. The van der Waals surface area contributed by atoms with Crippen LogP contribution in [0.3, 0.4) is 0 Å². The van der Waals surface area contributed by atoms with Crippen molar-refractivity contribution in [3.05, 3.63) is 28.2 Å². The molecule has 98 valence electrons. The predicted molar refractivity (Wildman–Crippen MR) is 73.4 cm³/mol. The number of rotatable bonds is 7. The molecule has 0 fully saturated rings. The highest BCUT2D eigenvalue weighted by molar-refractivity contribution is 9.10. The number of methoxy groups -OCH3 is 1. The van der Waals surface area contributed by atoms with Crippen LogP contribution in [-0.4, -0.2) is 26.4 Å². The Kier molecular flexibility index (Phi) is 6.73. The summed E-state index contributed by atoms with van der Waals surface area (Å²) < 4.78 is 11.3. The van der Waals surface area contributed by atoms with Gasteiger partial charge >= 0.3 is 0 Å². The summed E-state index contributed by atoms with van der Waals surface area (Å²) >= 11 is 3.44. The van der Waals surface area contributed by atoms with E-state index in [9.17, 15) is 0 Å². The lowest BCUT2D eigenvalue weighted by Crippen LogP contribution is -2.18. The van der Waals surface area contributed by atoms with Gasteiger partial charge in [0.2, 0.25) is 0 Å². The third-order valence-corrected chi connectivity index (χ3v) is 2.91. The van der Waals surface area contributed by atoms with Gasteiger partial charge in [0.15, 0.2) is 6.10 Å². The van der Waals surface area contributed by atoms with Crippen molar-refractivity contribution in [3.8, 4) is 11.8 Å². The molecule has 1 aromatic carbocycles. The van der Waals surface area contributed by atoms with Crippen molar-refractivity contribution < 1.29 is 9.47 Å². The van der Waals surface area contributed by atoms with Gasteiger partial charge < -0.3 is 14.8 Å². The first-order valence-electron chi connectivity index (χ1n) is 5.71. The molecular weight excluding hydrogens is 296 g/mol. The van der Waals surface area contributed by atoms with Crippen LogP contribution in [-0.2, 0) is 11.3 Å². The van der Waals surface area contributed by atoms with Gasteiger partial charge in [-0.25, -0.2) is 0 Å². The SMILES string of the molecule is COCCNCc1ccc(OC(C)C#N)c(Br)c1. The van der Waals surface area contributed by atoms with E-state index in [2.05, 4.69) is 21.2 Å². The number of ether oxygens (including phenoxy) is 2. The number of halogens is 1. The lowest BCUT2D eigenvalue weighted by Gasteiger charge is -2.11. The third-order valence-electron chi connectivity index (χ3n) is 2.29. The highest BCUT2D eigenvalue weighted by atomic mass is 79.9. The van der Waals surface area contributed by atoms with Gasteiger partial charge in [-0.15, -0.1) is 0 Å². The van der Waals surface area contributed by atoms with Crippen LogP contribution in [0.5, 0.6) is 5.75 Å². The maximum Gasteiger partial charge on any atom is 0.181 e. The quantitative estimate of drug-likeness (QED) is 0.786. The van der Waals surface area contributed by atoms with E-state index in [1.54, 1.807) is 14.0 Å². The van der Waals surface area contributed by atoms with Gasteiger partial charge in [-0.05, 0) is 40.5 Å². The lowest BCUT2D eigenvalue weighted by atomic mass is 10.2. The molecule has 0 aromatic heterocycles. The zero-order valence-electron chi connectivity index (χ0n) is 10.6. The van der Waals surface area contributed by atoms with E-state index < -0.39 is 6.10 Å². The Labute approximate surface area is 116 Å². The van der Waals surface area contributed by atoms with Crippen LogP contribution < -0.4 is 10.1 Å². The van der Waals surface area contributed by atoms with E-state index >= 15 is 0 Å². The number of nitriles is 1. The Morgan fingerprint density at radius 1 is 1.50 bits per heavy atom. The second-order valence-corrected chi connectivity index (χ2v) is 4.68. The summed E-state index contributed by atoms with van der Waals surface area (Å²) in [5.74, 6) is 0.685. The summed E-state index contributed by atoms with van der Waals surface area (Å²) in [5, 5.41) is 12.0. The second kappa shape index (κ2) is 8.09. The van der Waals surface area contributed by atoms with E-state index in [0.717, 1.165) is 23.1 Å². The number of hydrogen-bond acceptors (Lipinski definition) is 4. The van der Waals surface area contributed by atoms with Crippen LogP contribution in [0.2, 0.25) is 0 Å². The van der Waals surface area contributed by atoms with Crippen molar-refractivity contribution in [2.45, 2.75) is 19.6 Å². The first-order valence-corrected chi connectivity index (χ1v) is 6.51. The predicted octanol–water partition coefficient (Wildman–Crippen LogP) is 2.48. The van der Waals surface area contributed by atoms with Crippen LogP contribution in [0.1, 0.15) is 12.5 Å². The van der Waals surface area contributed by atoms with Gasteiger partial charge in [0.25, 0.3) is 0 Å². The van der Waals surface area contributed by atoms with Crippen molar-refractivity contribution in [2.75, 3.05) is 20.3 Å². The Morgan fingerprint density at radius 3 is 2.89 bits per heavy atom. The molecule has 1 rings (SSSR count). The molecule has 0 heterocycles. The van der Waals surface area contributed by atoms with E-state index in [1.807, 2.05) is 24.3 Å². The summed E-state index contributed by atoms with van der Waals surface area (Å²) in [6.45, 7) is 4.00. The monoisotopic (exact) mass is 312 g/mol. The second-order valence-electron chi connectivity index (χ2n) is 3.82. The van der Waals surface area contributed by atoms with Crippen LogP contribution >= 0.6 is 15.9 Å². The maximum atomic E-state index is 8.70. The van der Waals surface area contributed by atoms with Crippen LogP contribution in [0.25, 0.3) is 0 Å². The van der Waals surface area contributed by atoms with Gasteiger partial charge in [-0.2, -0.15) is 5.26 Å². The van der Waals surface area contributed by atoms with Gasteiger partial charge in [0.05, 0.1) is 11.1 Å². The van der Waals surface area contributed by atoms with Gasteiger partial charge in [0.1, 0.15) is 11.8 Å². The van der Waals surface area contributed by atoms with E-state index in [1.165, 1.54) is 0 Å². The summed E-state index contributed by atoms with van der Waals surface area (Å²) in [6.07, 6.45) is -0.452. The molecule has 1 unspecified atom stereocenters. The third kappa shape index (κ3) is 5.05. The van der Waals surface area contributed by atoms with Crippen molar-refractivity contribution in [3.63, 3.8) is 0 Å². The molecule has 0 saturated carbocycles. The minimum Gasteiger partial charge on any atom is -0.475 e. The average molecular weight is 313 g/mol. The van der Waals surface area contributed by atoms with Crippen LogP contribution in [0, 0.1) is 11.3 Å². The number of benzene rings is 1. The summed E-state index contributed by atoms with van der Waals surface area (Å²) in [4.78, 5) is 0. The van der Waals surface area contributed by atoms with Crippen molar-refractivity contribution in [2.24, 2.45) is 0 Å². The van der Waals surface area contributed by atoms with Crippen LogP contribution in [0.15, 0.2) is 22.7 Å². The number of nitrogens with one attached hydrogen (secondary N) is 1. The molecule has 0 radical (unpaired) electrons. The zero-order chi connectivity index (χ0) is 13.4. The Balaban J connectivity index is 2.54. The van der Waals surface area contributed by atoms with Crippen LogP contribution in [0.4, 0.5) is 0 Å². The molecule has 0 aliphatic carbocycles. The molecular formula is C13H17BrN2O2. The molecule has 1 aromatic rings. The molecule has 0 aliphatic heterocycles. The van der Waals surface area contributed by atoms with Gasteiger partial charge in [-0.3, -0.25) is 0 Å². The molecule has 0 amide bonds. The van der Waals surface area contributed by atoms with E-state index in [0.29, 0.717) is 12.4 Å². The molecule has 0 bridgehead atoms. The molecule has 1 atom stereocenters. The Morgan fingerprint density at radius 2 is 2.28 bits per heavy atom. The van der Waals surface area contributed by atoms with Gasteiger partial charge in [-0.1, -0.05) is 6.07 Å².